The van der Waals surface area contributed by atoms with E-state index in [-0.39, 0.29) is 52.6 Å². The molecule has 3 aromatic rings. The van der Waals surface area contributed by atoms with Gasteiger partial charge in [-0.2, -0.15) is 0 Å². The van der Waals surface area contributed by atoms with Crippen LogP contribution >= 0.6 is 11.8 Å². The van der Waals surface area contributed by atoms with Crippen LogP contribution < -0.4 is 10.2 Å². The molecule has 3 rings (SSSR count). The number of hydrogen-bond acceptors (Lipinski definition) is 8. The highest BCUT2D eigenvalue weighted by Gasteiger charge is 2.25. The molecule has 0 spiro atoms. The highest BCUT2D eigenvalue weighted by molar-refractivity contribution is 8.26. The van der Waals surface area contributed by atoms with Crippen molar-refractivity contribution < 1.29 is 23.1 Å². The number of rotatable bonds is 8. The summed E-state index contributed by atoms with van der Waals surface area (Å²) in [6.45, 7) is 1.70. The predicted molar refractivity (Wildman–Crippen MR) is 124 cm³/mol. The van der Waals surface area contributed by atoms with Crippen molar-refractivity contribution in [1.29, 1.82) is 10.8 Å². The van der Waals surface area contributed by atoms with Gasteiger partial charge in [0, 0.05) is 6.42 Å². The van der Waals surface area contributed by atoms with E-state index >= 15 is 0 Å². The number of nitrogens with one attached hydrogen (secondary N) is 2. The molecule has 7 nitrogen and oxygen atoms in total. The van der Waals surface area contributed by atoms with Crippen LogP contribution in [0, 0.1) is 16.6 Å². The van der Waals surface area contributed by atoms with E-state index in [1.54, 1.807) is 31.2 Å². The summed E-state index contributed by atoms with van der Waals surface area (Å²) in [5.74, 6) is -1.98. The fraction of sp³-hybridized carbons (Fsp3) is 0.167. The average molecular weight is 469 g/mol. The van der Waals surface area contributed by atoms with Crippen LogP contribution in [0.25, 0.3) is 0 Å². The maximum Gasteiger partial charge on any atom is 0.378 e. The van der Waals surface area contributed by atoms with Crippen molar-refractivity contribution in [1.82, 2.24) is 0 Å². The standard InChI is InChI=1S/C24H21FN2O5S/c1-2-30-24(29)22-21(31-13-16-6-4-3-5-7-16)20(28)18(14-32-22)23(27)33-19(26)12-15-8-10-17(25)11-9-15/h3-11,14,26-27H,2,12-13H2,1H3. The summed E-state index contributed by atoms with van der Waals surface area (Å²) in [5.41, 5.74) is 0.591. The van der Waals surface area contributed by atoms with Gasteiger partial charge in [0.2, 0.25) is 11.2 Å². The van der Waals surface area contributed by atoms with Crippen LogP contribution in [0.3, 0.4) is 0 Å². The van der Waals surface area contributed by atoms with Crippen molar-refractivity contribution in [2.24, 2.45) is 0 Å². The van der Waals surface area contributed by atoms with Gasteiger partial charge in [-0.25, -0.2) is 9.18 Å². The first kappa shape index (κ1) is 23.9. The molecule has 1 aromatic heterocycles. The van der Waals surface area contributed by atoms with E-state index in [9.17, 15) is 14.0 Å². The van der Waals surface area contributed by atoms with Crippen molar-refractivity contribution in [3.05, 3.63) is 99.4 Å². The summed E-state index contributed by atoms with van der Waals surface area (Å²) in [5, 5.41) is 16.3. The Morgan fingerprint density at radius 2 is 1.76 bits per heavy atom. The van der Waals surface area contributed by atoms with Gasteiger partial charge in [0.05, 0.1) is 17.2 Å². The first-order valence-electron chi connectivity index (χ1n) is 9.97. The third kappa shape index (κ3) is 6.39. The Bertz CT molecular complexity index is 1210. The van der Waals surface area contributed by atoms with Crippen LogP contribution in [0.4, 0.5) is 4.39 Å². The summed E-state index contributed by atoms with van der Waals surface area (Å²) in [7, 11) is 0. The maximum absolute atomic E-state index is 13.1. The Morgan fingerprint density at radius 1 is 1.06 bits per heavy atom. The molecule has 0 fully saturated rings. The fourth-order valence-electron chi connectivity index (χ4n) is 2.81. The third-order valence-electron chi connectivity index (χ3n) is 4.39. The summed E-state index contributed by atoms with van der Waals surface area (Å²) in [6, 6.07) is 14.7. The molecule has 0 saturated heterocycles. The molecule has 33 heavy (non-hydrogen) atoms. The van der Waals surface area contributed by atoms with Gasteiger partial charge in [-0.15, -0.1) is 0 Å². The largest absolute Gasteiger partial charge is 0.481 e. The highest BCUT2D eigenvalue weighted by atomic mass is 32.2. The predicted octanol–water partition coefficient (Wildman–Crippen LogP) is 4.81. The maximum atomic E-state index is 13.1. The molecular weight excluding hydrogens is 447 g/mol. The van der Waals surface area contributed by atoms with Gasteiger partial charge in [-0.05, 0) is 30.2 Å². The van der Waals surface area contributed by atoms with Crippen molar-refractivity contribution in [3.8, 4) is 5.75 Å². The molecular formula is C24H21FN2O5S. The lowest BCUT2D eigenvalue weighted by Gasteiger charge is -2.11. The van der Waals surface area contributed by atoms with Crippen molar-refractivity contribution in [3.63, 3.8) is 0 Å². The van der Waals surface area contributed by atoms with Gasteiger partial charge in [0.25, 0.3) is 5.76 Å². The molecule has 0 aliphatic carbocycles. The average Bonchev–Trinajstić information content (AvgIpc) is 2.80. The first-order chi connectivity index (χ1) is 15.9. The van der Waals surface area contributed by atoms with E-state index < -0.39 is 11.4 Å². The first-order valence-corrected chi connectivity index (χ1v) is 10.8. The Balaban J connectivity index is 1.82. The van der Waals surface area contributed by atoms with E-state index in [0.717, 1.165) is 23.6 Å². The lowest BCUT2D eigenvalue weighted by atomic mass is 10.2. The van der Waals surface area contributed by atoms with Crippen LogP contribution in [0.5, 0.6) is 5.75 Å². The Kier molecular flexibility index (Phi) is 8.15. The lowest BCUT2D eigenvalue weighted by Crippen LogP contribution is -2.21. The van der Waals surface area contributed by atoms with Crippen molar-refractivity contribution in [2.75, 3.05) is 6.61 Å². The van der Waals surface area contributed by atoms with Crippen molar-refractivity contribution >= 4 is 27.8 Å². The van der Waals surface area contributed by atoms with Crippen LogP contribution in [0.15, 0.2) is 70.1 Å². The van der Waals surface area contributed by atoms with Gasteiger partial charge >= 0.3 is 5.97 Å². The zero-order valence-electron chi connectivity index (χ0n) is 17.7. The van der Waals surface area contributed by atoms with E-state index in [0.29, 0.717) is 5.56 Å². The second kappa shape index (κ2) is 11.2. The topological polar surface area (TPSA) is 113 Å². The molecule has 170 valence electrons. The lowest BCUT2D eigenvalue weighted by molar-refractivity contribution is 0.0478. The van der Waals surface area contributed by atoms with Gasteiger partial charge in [0.1, 0.15) is 23.7 Å². The zero-order chi connectivity index (χ0) is 23.8. The van der Waals surface area contributed by atoms with Gasteiger partial charge in [0.15, 0.2) is 0 Å². The summed E-state index contributed by atoms with van der Waals surface area (Å²) < 4.78 is 29.0. The second-order valence-corrected chi connectivity index (χ2v) is 7.89. The molecule has 9 heteroatoms. The number of hydrogen-bond donors (Lipinski definition) is 2. The molecule has 0 unspecified atom stereocenters. The van der Waals surface area contributed by atoms with Gasteiger partial charge in [-0.3, -0.25) is 15.6 Å². The Hall–Kier alpha value is -3.72. The minimum atomic E-state index is -0.854. The number of carbonyl (C=O) groups excluding carboxylic acids is 1. The third-order valence-corrected chi connectivity index (χ3v) is 5.20. The molecule has 0 amide bonds. The Morgan fingerprint density at radius 3 is 2.42 bits per heavy atom. The van der Waals surface area contributed by atoms with E-state index in [4.69, 9.17) is 24.7 Å². The molecule has 0 aliphatic heterocycles. The molecule has 0 radical (unpaired) electrons. The Labute approximate surface area is 193 Å². The molecule has 2 aromatic carbocycles. The van der Waals surface area contributed by atoms with Crippen LogP contribution in [0.2, 0.25) is 0 Å². The van der Waals surface area contributed by atoms with E-state index in [2.05, 4.69) is 0 Å². The number of halogens is 1. The second-order valence-electron chi connectivity index (χ2n) is 6.79. The molecule has 0 atom stereocenters. The van der Waals surface area contributed by atoms with E-state index in [1.807, 2.05) is 18.2 Å². The van der Waals surface area contributed by atoms with Gasteiger partial charge < -0.3 is 13.9 Å². The van der Waals surface area contributed by atoms with E-state index in [1.165, 1.54) is 12.1 Å². The molecule has 0 aliphatic rings. The number of carbonyl (C=O) groups is 1. The number of ether oxygens (including phenoxy) is 2. The summed E-state index contributed by atoms with van der Waals surface area (Å²) in [6.07, 6.45) is 1.15. The van der Waals surface area contributed by atoms with Crippen molar-refractivity contribution in [2.45, 2.75) is 20.0 Å². The normalized spacial score (nSPS) is 10.5. The minimum Gasteiger partial charge on any atom is -0.481 e. The van der Waals surface area contributed by atoms with Crippen LogP contribution in [-0.4, -0.2) is 22.7 Å². The highest BCUT2D eigenvalue weighted by Crippen LogP contribution is 2.21. The molecule has 1 heterocycles. The summed E-state index contributed by atoms with van der Waals surface area (Å²) >= 11 is 0.755. The SMILES string of the molecule is CCOC(=O)c1occ(C(=N)SC(=N)Cc2ccc(F)cc2)c(=O)c1OCc1ccccc1. The summed E-state index contributed by atoms with van der Waals surface area (Å²) in [4.78, 5) is 25.3. The van der Waals surface area contributed by atoms with Gasteiger partial charge in [-0.1, -0.05) is 54.2 Å². The molecule has 2 N–H and O–H groups in total. The monoisotopic (exact) mass is 468 g/mol. The minimum absolute atomic E-state index is 0.00230. The fourth-order valence-corrected chi connectivity index (χ4v) is 3.54. The van der Waals surface area contributed by atoms with Crippen LogP contribution in [-0.2, 0) is 17.8 Å². The molecule has 0 saturated carbocycles. The quantitative estimate of drug-likeness (QED) is 0.279. The number of thioether (sulfide) groups is 1. The smallest absolute Gasteiger partial charge is 0.378 e. The zero-order valence-corrected chi connectivity index (χ0v) is 18.5. The number of esters is 1. The number of benzene rings is 2. The molecule has 0 bridgehead atoms. The van der Waals surface area contributed by atoms with Crippen LogP contribution in [0.1, 0.15) is 34.2 Å².